The van der Waals surface area contributed by atoms with Crippen LogP contribution in [0.3, 0.4) is 0 Å². The maximum Gasteiger partial charge on any atom is 0.305 e. The van der Waals surface area contributed by atoms with E-state index in [4.69, 9.17) is 23.7 Å². The molecule has 24 heavy (non-hydrogen) atoms. The first-order valence-electron chi connectivity index (χ1n) is 7.12. The molecule has 0 aromatic rings. The van der Waals surface area contributed by atoms with Crippen LogP contribution in [0.1, 0.15) is 27.7 Å². The fourth-order valence-electron chi connectivity index (χ4n) is 2.26. The van der Waals surface area contributed by atoms with Gasteiger partial charge in [-0.3, -0.25) is 19.2 Å². The molecule has 0 radical (unpaired) electrons. The summed E-state index contributed by atoms with van der Waals surface area (Å²) in [5, 5.41) is 0. The van der Waals surface area contributed by atoms with Crippen LogP contribution in [0, 0.1) is 0 Å². The van der Waals surface area contributed by atoms with E-state index in [2.05, 4.69) is 6.58 Å². The Morgan fingerprint density at radius 1 is 0.875 bits per heavy atom. The van der Waals surface area contributed by atoms with Gasteiger partial charge in [-0.05, 0) is 6.08 Å². The number of ether oxygens (including phenoxy) is 5. The molecule has 0 saturated carbocycles. The minimum absolute atomic E-state index is 0.620. The smallest absolute Gasteiger partial charge is 0.305 e. The van der Waals surface area contributed by atoms with E-state index < -0.39 is 54.6 Å². The van der Waals surface area contributed by atoms with Gasteiger partial charge in [0.05, 0.1) is 0 Å². The zero-order valence-electron chi connectivity index (χ0n) is 13.8. The Kier molecular flexibility index (Phi) is 6.90. The zero-order valence-corrected chi connectivity index (χ0v) is 13.8. The SMILES string of the molecule is C=C[C@@H](OC(C)=O)[C@H]1O[C@H](OC(C)=O)[C@@H](OC(C)=O)[C@@H]1OC(C)=O. The molecule has 0 bridgehead atoms. The highest BCUT2D eigenvalue weighted by atomic mass is 16.8. The molecule has 1 aliphatic rings. The molecule has 5 atom stereocenters. The van der Waals surface area contributed by atoms with Crippen molar-refractivity contribution in [1.29, 1.82) is 0 Å². The summed E-state index contributed by atoms with van der Waals surface area (Å²) in [5.41, 5.74) is 0. The van der Waals surface area contributed by atoms with Crippen molar-refractivity contribution in [3.8, 4) is 0 Å². The molecule has 9 heteroatoms. The monoisotopic (exact) mass is 344 g/mol. The maximum atomic E-state index is 11.4. The van der Waals surface area contributed by atoms with Gasteiger partial charge >= 0.3 is 23.9 Å². The average Bonchev–Trinajstić information content (AvgIpc) is 2.72. The van der Waals surface area contributed by atoms with Gasteiger partial charge in [0.1, 0.15) is 12.2 Å². The van der Waals surface area contributed by atoms with Crippen molar-refractivity contribution >= 4 is 23.9 Å². The minimum Gasteiger partial charge on any atom is -0.455 e. The summed E-state index contributed by atoms with van der Waals surface area (Å²) in [6.07, 6.45) is -4.49. The molecule has 0 aromatic heterocycles. The van der Waals surface area contributed by atoms with E-state index in [0.717, 1.165) is 20.8 Å². The summed E-state index contributed by atoms with van der Waals surface area (Å²) >= 11 is 0. The predicted octanol–water partition coefficient (Wildman–Crippen LogP) is 0.255. The molecule has 9 nitrogen and oxygen atoms in total. The highest BCUT2D eigenvalue weighted by molar-refractivity contribution is 5.68. The first-order valence-corrected chi connectivity index (χ1v) is 7.12. The van der Waals surface area contributed by atoms with Gasteiger partial charge in [0.15, 0.2) is 6.10 Å². The molecule has 1 aliphatic heterocycles. The summed E-state index contributed by atoms with van der Waals surface area (Å²) < 4.78 is 25.7. The fourth-order valence-corrected chi connectivity index (χ4v) is 2.26. The molecule has 0 N–H and O–H groups in total. The highest BCUT2D eigenvalue weighted by Crippen LogP contribution is 2.31. The topological polar surface area (TPSA) is 114 Å². The molecular formula is C15H20O9. The van der Waals surface area contributed by atoms with Crippen molar-refractivity contribution in [2.75, 3.05) is 0 Å². The van der Waals surface area contributed by atoms with Crippen molar-refractivity contribution < 1.29 is 42.9 Å². The molecule has 1 saturated heterocycles. The van der Waals surface area contributed by atoms with E-state index in [1.807, 2.05) is 0 Å². The van der Waals surface area contributed by atoms with Crippen molar-refractivity contribution in [1.82, 2.24) is 0 Å². The van der Waals surface area contributed by atoms with Crippen LogP contribution >= 0.6 is 0 Å². The highest BCUT2D eigenvalue weighted by Gasteiger charge is 2.54. The minimum atomic E-state index is -1.32. The summed E-state index contributed by atoms with van der Waals surface area (Å²) in [4.78, 5) is 45.1. The fraction of sp³-hybridized carbons (Fsp3) is 0.600. The van der Waals surface area contributed by atoms with Gasteiger partial charge in [0.25, 0.3) is 0 Å². The Balaban J connectivity index is 3.15. The van der Waals surface area contributed by atoms with Gasteiger partial charge in [-0.1, -0.05) is 6.58 Å². The number of carbonyl (C=O) groups excluding carboxylic acids is 4. The van der Waals surface area contributed by atoms with Crippen molar-refractivity contribution in [3.63, 3.8) is 0 Å². The number of esters is 4. The van der Waals surface area contributed by atoms with E-state index in [0.29, 0.717) is 0 Å². The number of hydrogen-bond donors (Lipinski definition) is 0. The quantitative estimate of drug-likeness (QED) is 0.380. The average molecular weight is 344 g/mol. The first kappa shape index (κ1) is 19.6. The van der Waals surface area contributed by atoms with Gasteiger partial charge in [-0.25, -0.2) is 0 Å². The Morgan fingerprint density at radius 2 is 1.38 bits per heavy atom. The Morgan fingerprint density at radius 3 is 1.79 bits per heavy atom. The van der Waals surface area contributed by atoms with Crippen LogP contribution in [0.25, 0.3) is 0 Å². The summed E-state index contributed by atoms with van der Waals surface area (Å²) in [6, 6.07) is 0. The zero-order chi connectivity index (χ0) is 18.4. The van der Waals surface area contributed by atoms with Crippen LogP contribution in [-0.2, 0) is 42.9 Å². The molecule has 0 unspecified atom stereocenters. The largest absolute Gasteiger partial charge is 0.455 e. The van der Waals surface area contributed by atoms with E-state index in [1.165, 1.54) is 13.0 Å². The molecule has 134 valence electrons. The third kappa shape index (κ3) is 5.34. The molecule has 0 aromatic carbocycles. The van der Waals surface area contributed by atoms with Crippen LogP contribution in [0.2, 0.25) is 0 Å². The lowest BCUT2D eigenvalue weighted by Gasteiger charge is -2.25. The molecule has 1 fully saturated rings. The standard InChI is InChI=1S/C15H20O9/c1-6-11(20-7(2)16)12-13(21-8(3)17)14(22-9(4)18)15(24-12)23-10(5)19/h6,11-15H,1H2,2-5H3/t11-,12-,13-,14+,15+/m1/s1. The van der Waals surface area contributed by atoms with E-state index in [9.17, 15) is 19.2 Å². The Hall–Kier alpha value is -2.42. The second-order valence-corrected chi connectivity index (χ2v) is 5.04. The second-order valence-electron chi connectivity index (χ2n) is 5.04. The third-order valence-electron chi connectivity index (χ3n) is 2.95. The molecule has 1 rings (SSSR count). The molecule has 0 aliphatic carbocycles. The lowest BCUT2D eigenvalue weighted by atomic mass is 10.1. The number of rotatable bonds is 6. The second kappa shape index (κ2) is 8.44. The first-order chi connectivity index (χ1) is 11.1. The molecule has 0 amide bonds. The summed E-state index contributed by atoms with van der Waals surface area (Å²) in [5.74, 6) is -2.69. The van der Waals surface area contributed by atoms with Crippen LogP contribution in [-0.4, -0.2) is 54.6 Å². The van der Waals surface area contributed by atoms with Crippen molar-refractivity contribution in [3.05, 3.63) is 12.7 Å². The molecule has 0 spiro atoms. The van der Waals surface area contributed by atoms with Crippen molar-refractivity contribution in [2.45, 2.75) is 58.4 Å². The van der Waals surface area contributed by atoms with Crippen molar-refractivity contribution in [2.24, 2.45) is 0 Å². The van der Waals surface area contributed by atoms with E-state index in [-0.39, 0.29) is 0 Å². The van der Waals surface area contributed by atoms with Gasteiger partial charge in [0.2, 0.25) is 12.4 Å². The van der Waals surface area contributed by atoms with Gasteiger partial charge in [-0.15, -0.1) is 0 Å². The van der Waals surface area contributed by atoms with Crippen LogP contribution in [0.15, 0.2) is 12.7 Å². The number of hydrogen-bond acceptors (Lipinski definition) is 9. The van der Waals surface area contributed by atoms with Crippen LogP contribution in [0.5, 0.6) is 0 Å². The number of carbonyl (C=O) groups is 4. The molecule has 1 heterocycles. The Bertz CT molecular complexity index is 527. The normalized spacial score (nSPS) is 26.8. The summed E-state index contributed by atoms with van der Waals surface area (Å²) in [7, 11) is 0. The maximum absolute atomic E-state index is 11.4. The lowest BCUT2D eigenvalue weighted by Crippen LogP contribution is -2.44. The van der Waals surface area contributed by atoms with Gasteiger partial charge in [-0.2, -0.15) is 0 Å². The van der Waals surface area contributed by atoms with Gasteiger partial charge < -0.3 is 23.7 Å². The van der Waals surface area contributed by atoms with E-state index >= 15 is 0 Å². The third-order valence-corrected chi connectivity index (χ3v) is 2.95. The Labute approximate surface area is 138 Å². The predicted molar refractivity (Wildman–Crippen MR) is 77.3 cm³/mol. The van der Waals surface area contributed by atoms with Crippen LogP contribution < -0.4 is 0 Å². The lowest BCUT2D eigenvalue weighted by molar-refractivity contribution is -0.199. The molecular weight excluding hydrogens is 324 g/mol. The summed E-state index contributed by atoms with van der Waals surface area (Å²) in [6.45, 7) is 8.14. The van der Waals surface area contributed by atoms with Crippen LogP contribution in [0.4, 0.5) is 0 Å². The van der Waals surface area contributed by atoms with E-state index in [1.54, 1.807) is 0 Å². The van der Waals surface area contributed by atoms with Gasteiger partial charge in [0, 0.05) is 27.7 Å².